The lowest BCUT2D eigenvalue weighted by atomic mass is 10.1. The van der Waals surface area contributed by atoms with Crippen molar-refractivity contribution in [3.8, 4) is 5.82 Å². The van der Waals surface area contributed by atoms with Gasteiger partial charge in [0.25, 0.3) is 15.8 Å². The van der Waals surface area contributed by atoms with Crippen LogP contribution >= 0.6 is 0 Å². The van der Waals surface area contributed by atoms with E-state index in [4.69, 9.17) is 4.98 Å². The van der Waals surface area contributed by atoms with E-state index in [1.165, 1.54) is 0 Å². The third-order valence-electron chi connectivity index (χ3n) is 5.02. The van der Waals surface area contributed by atoms with Gasteiger partial charge in [-0.05, 0) is 43.5 Å². The number of imidazole rings is 1. The molecule has 0 aliphatic rings. The summed E-state index contributed by atoms with van der Waals surface area (Å²) in [6.45, 7) is 7.15. The van der Waals surface area contributed by atoms with Gasteiger partial charge in [-0.3, -0.25) is 4.72 Å². The summed E-state index contributed by atoms with van der Waals surface area (Å²) in [4.78, 5) is 9.47. The molecule has 8 heteroatoms. The molecule has 0 spiro atoms. The van der Waals surface area contributed by atoms with E-state index in [-0.39, 0.29) is 10.7 Å². The molecular weight excluding hydrogens is 410 g/mol. The highest BCUT2D eigenvalue weighted by molar-refractivity contribution is 7.92. The van der Waals surface area contributed by atoms with Gasteiger partial charge in [0.15, 0.2) is 0 Å². The van der Waals surface area contributed by atoms with Gasteiger partial charge in [0.05, 0.1) is 22.5 Å². The number of nitrogens with zero attached hydrogens (tertiary/aromatic N) is 4. The van der Waals surface area contributed by atoms with Crippen molar-refractivity contribution in [1.82, 2.24) is 14.5 Å². The Balaban J connectivity index is 1.76. The number of para-hydroxylation sites is 2. The number of benzene rings is 2. The summed E-state index contributed by atoms with van der Waals surface area (Å²) in [5, 5.41) is 0. The van der Waals surface area contributed by atoms with Crippen LogP contribution in [-0.2, 0) is 16.6 Å². The number of anilines is 1. The molecule has 7 nitrogen and oxygen atoms in total. The fourth-order valence-corrected chi connectivity index (χ4v) is 4.21. The van der Waals surface area contributed by atoms with Crippen molar-refractivity contribution in [2.45, 2.75) is 38.6 Å². The van der Waals surface area contributed by atoms with Gasteiger partial charge in [-0.2, -0.15) is 4.57 Å². The largest absolute Gasteiger partial charge is 0.270 e. The molecule has 31 heavy (non-hydrogen) atoms. The summed E-state index contributed by atoms with van der Waals surface area (Å²) in [5.41, 5.74) is 2.30. The number of hydrogen-bond donors (Lipinski definition) is 1. The maximum atomic E-state index is 13.0. The third kappa shape index (κ3) is 4.74. The molecule has 2 heterocycles. The van der Waals surface area contributed by atoms with Crippen LogP contribution in [0.1, 0.15) is 25.8 Å². The molecule has 0 radical (unpaired) electrons. The number of aromatic nitrogens is 4. The number of hydrogen-bond acceptors (Lipinski definition) is 4. The Morgan fingerprint density at radius 1 is 1.03 bits per heavy atom. The molecule has 0 fully saturated rings. The average molecular weight is 437 g/mol. The zero-order valence-corrected chi connectivity index (χ0v) is 18.7. The molecule has 0 amide bonds. The van der Waals surface area contributed by atoms with E-state index in [0.29, 0.717) is 22.8 Å². The lowest BCUT2D eigenvalue weighted by Crippen LogP contribution is -2.31. The molecule has 0 saturated heterocycles. The fourth-order valence-electron chi connectivity index (χ4n) is 3.20. The van der Waals surface area contributed by atoms with Crippen LogP contribution in [0.3, 0.4) is 0 Å². The van der Waals surface area contributed by atoms with Crippen molar-refractivity contribution in [2.75, 3.05) is 4.72 Å². The summed E-state index contributed by atoms with van der Waals surface area (Å²) >= 11 is 0. The number of sulfonamides is 1. The number of fused-ring (bicyclic) bond motifs is 1. The Kier molecular flexibility index (Phi) is 5.73. The van der Waals surface area contributed by atoms with Gasteiger partial charge in [-0.25, -0.2) is 23.0 Å². The second-order valence-corrected chi connectivity index (χ2v) is 9.73. The second-order valence-electron chi connectivity index (χ2n) is 8.04. The van der Waals surface area contributed by atoms with Crippen LogP contribution in [-0.4, -0.2) is 23.0 Å². The maximum absolute atomic E-state index is 13.0. The van der Waals surface area contributed by atoms with Gasteiger partial charge >= 0.3 is 0 Å². The molecule has 0 aliphatic heterocycles. The molecule has 0 atom stereocenters. The summed E-state index contributed by atoms with van der Waals surface area (Å²) in [7, 11) is -3.82. The average Bonchev–Trinajstić information content (AvgIpc) is 3.20. The monoisotopic (exact) mass is 436 g/mol. The predicted octanol–water partition coefficient (Wildman–Crippen LogP) is 3.86. The molecule has 0 bridgehead atoms. The third-order valence-corrected chi connectivity index (χ3v) is 6.37. The quantitative estimate of drug-likeness (QED) is 0.446. The number of aryl methyl sites for hydroxylation is 2. The summed E-state index contributed by atoms with van der Waals surface area (Å²) in [6, 6.07) is 14.1. The highest BCUT2D eigenvalue weighted by atomic mass is 32.2. The summed E-state index contributed by atoms with van der Waals surface area (Å²) in [5.74, 6) is 1.21. The fraction of sp³-hybridized carbons (Fsp3) is 0.261. The van der Waals surface area contributed by atoms with Crippen LogP contribution in [0.15, 0.2) is 72.1 Å². The highest BCUT2D eigenvalue weighted by Gasteiger charge is 2.22. The van der Waals surface area contributed by atoms with Crippen molar-refractivity contribution >= 4 is 26.9 Å². The van der Waals surface area contributed by atoms with E-state index in [9.17, 15) is 8.42 Å². The lowest BCUT2D eigenvalue weighted by Gasteiger charge is -2.10. The zero-order chi connectivity index (χ0) is 22.0. The highest BCUT2D eigenvalue weighted by Crippen LogP contribution is 2.23. The first kappa shape index (κ1) is 21.0. The van der Waals surface area contributed by atoms with Crippen LogP contribution in [0.4, 0.5) is 5.82 Å². The molecule has 2 aromatic heterocycles. The molecule has 0 saturated carbocycles. The lowest BCUT2D eigenvalue weighted by molar-refractivity contribution is -0.697. The van der Waals surface area contributed by atoms with Gasteiger partial charge in [-0.15, -0.1) is 0 Å². The Labute approximate surface area is 182 Å². The van der Waals surface area contributed by atoms with E-state index in [1.54, 1.807) is 28.8 Å². The molecule has 0 unspecified atom stereocenters. The van der Waals surface area contributed by atoms with Crippen molar-refractivity contribution in [3.05, 3.63) is 72.8 Å². The number of rotatable bonds is 7. The van der Waals surface area contributed by atoms with E-state index < -0.39 is 10.0 Å². The molecule has 1 N–H and O–H groups in total. The molecule has 4 rings (SSSR count). The van der Waals surface area contributed by atoms with E-state index >= 15 is 0 Å². The standard InChI is InChI=1S/C23H26N5O2S/c1-17(2)12-13-27-14-15-28(16-27)23-22(24-20-6-4-5-7-21(20)25-23)26-31(29,30)19-10-8-18(3)9-11-19/h4-11,14-17H,12-13H2,1-3H3,(H,24,26)/q+1. The SMILES string of the molecule is Cc1ccc(S(=O)(=O)Nc2nc3ccccc3nc2-n2cc[n+](CCC(C)C)c2)cc1. The minimum atomic E-state index is -3.82. The van der Waals surface area contributed by atoms with Crippen molar-refractivity contribution in [1.29, 1.82) is 0 Å². The van der Waals surface area contributed by atoms with Gasteiger partial charge in [-0.1, -0.05) is 43.7 Å². The van der Waals surface area contributed by atoms with Crippen LogP contribution in [0.5, 0.6) is 0 Å². The molecule has 2 aromatic carbocycles. The maximum Gasteiger partial charge on any atom is 0.270 e. The van der Waals surface area contributed by atoms with Crippen LogP contribution in [0, 0.1) is 12.8 Å². The van der Waals surface area contributed by atoms with Gasteiger partial charge < -0.3 is 0 Å². The minimum Gasteiger partial charge on any atom is -0.258 e. The molecule has 160 valence electrons. The summed E-state index contributed by atoms with van der Waals surface area (Å²) in [6.07, 6.45) is 6.77. The molecule has 0 aliphatic carbocycles. The number of nitrogens with one attached hydrogen (secondary N) is 1. The van der Waals surface area contributed by atoms with E-state index in [2.05, 4.69) is 28.1 Å². The Hall–Kier alpha value is -3.26. The van der Waals surface area contributed by atoms with Gasteiger partial charge in [0, 0.05) is 0 Å². The Morgan fingerprint density at radius 2 is 1.71 bits per heavy atom. The van der Waals surface area contributed by atoms with Crippen molar-refractivity contribution < 1.29 is 13.0 Å². The van der Waals surface area contributed by atoms with Crippen LogP contribution in [0.25, 0.3) is 16.9 Å². The van der Waals surface area contributed by atoms with Crippen LogP contribution in [0.2, 0.25) is 0 Å². The smallest absolute Gasteiger partial charge is 0.258 e. The van der Waals surface area contributed by atoms with Gasteiger partial charge in [0.1, 0.15) is 12.4 Å². The zero-order valence-electron chi connectivity index (χ0n) is 17.9. The summed E-state index contributed by atoms with van der Waals surface area (Å²) < 4.78 is 32.5. The van der Waals surface area contributed by atoms with E-state index in [1.807, 2.05) is 49.9 Å². The van der Waals surface area contributed by atoms with Gasteiger partial charge in [0.2, 0.25) is 12.1 Å². The van der Waals surface area contributed by atoms with E-state index in [0.717, 1.165) is 18.5 Å². The predicted molar refractivity (Wildman–Crippen MR) is 121 cm³/mol. The first-order chi connectivity index (χ1) is 14.8. The first-order valence-electron chi connectivity index (χ1n) is 10.3. The Morgan fingerprint density at radius 3 is 2.39 bits per heavy atom. The normalized spacial score (nSPS) is 11.9. The van der Waals surface area contributed by atoms with Crippen molar-refractivity contribution in [3.63, 3.8) is 0 Å². The Bertz CT molecular complexity index is 1310. The molecule has 4 aromatic rings. The van der Waals surface area contributed by atoms with Crippen molar-refractivity contribution in [2.24, 2.45) is 5.92 Å². The second kappa shape index (κ2) is 8.47. The van der Waals surface area contributed by atoms with Crippen LogP contribution < -0.4 is 9.29 Å². The molecular formula is C23H26N5O2S+. The first-order valence-corrected chi connectivity index (χ1v) is 11.7. The minimum absolute atomic E-state index is 0.179. The topological polar surface area (TPSA) is 80.8 Å².